The summed E-state index contributed by atoms with van der Waals surface area (Å²) in [4.78, 5) is 16.4. The highest BCUT2D eigenvalue weighted by Crippen LogP contribution is 2.40. The Kier molecular flexibility index (Phi) is 2.98. The van der Waals surface area contributed by atoms with Gasteiger partial charge in [-0.15, -0.1) is 0 Å². The van der Waals surface area contributed by atoms with Gasteiger partial charge in [0, 0.05) is 18.9 Å². The van der Waals surface area contributed by atoms with Crippen LogP contribution < -0.4 is 5.73 Å². The molecule has 0 unspecified atom stereocenters. The molecular weight excluding hydrogens is 242 g/mol. The second kappa shape index (κ2) is 4.66. The quantitative estimate of drug-likeness (QED) is 0.851. The van der Waals surface area contributed by atoms with Gasteiger partial charge in [-0.2, -0.15) is 0 Å². The van der Waals surface area contributed by atoms with Gasteiger partial charge in [0.05, 0.1) is 12.3 Å². The van der Waals surface area contributed by atoms with Crippen LogP contribution in [-0.4, -0.2) is 22.0 Å². The summed E-state index contributed by atoms with van der Waals surface area (Å²) >= 11 is 0. The Bertz CT molecular complexity index is 629. The van der Waals surface area contributed by atoms with Crippen molar-refractivity contribution in [2.24, 2.45) is 5.73 Å². The largest absolute Gasteiger partial charge is 0.462 e. The van der Waals surface area contributed by atoms with Gasteiger partial charge in [0.15, 0.2) is 5.65 Å². The highest BCUT2D eigenvalue weighted by Gasteiger charge is 2.26. The lowest BCUT2D eigenvalue weighted by Crippen LogP contribution is -2.08. The van der Waals surface area contributed by atoms with Crippen molar-refractivity contribution >= 4 is 11.6 Å². The van der Waals surface area contributed by atoms with Crippen LogP contribution in [0.3, 0.4) is 0 Å². The lowest BCUT2D eigenvalue weighted by molar-refractivity contribution is 0.0528. The summed E-state index contributed by atoms with van der Waals surface area (Å²) in [5, 5.41) is 0. The van der Waals surface area contributed by atoms with Gasteiger partial charge in [0.25, 0.3) is 0 Å². The molecule has 0 bridgehead atoms. The Hall–Kier alpha value is -1.88. The van der Waals surface area contributed by atoms with Gasteiger partial charge in [0.2, 0.25) is 0 Å². The zero-order valence-electron chi connectivity index (χ0n) is 10.9. The zero-order chi connectivity index (χ0) is 13.4. The number of fused-ring (bicyclic) bond motifs is 1. The highest BCUT2D eigenvalue weighted by molar-refractivity contribution is 5.96. The molecule has 0 aliphatic heterocycles. The monoisotopic (exact) mass is 259 g/mol. The predicted octanol–water partition coefficient (Wildman–Crippen LogP) is 1.85. The molecule has 0 radical (unpaired) electrons. The molecule has 2 heterocycles. The first-order chi connectivity index (χ1) is 9.22. The molecule has 1 aliphatic rings. The Morgan fingerprint density at radius 3 is 2.95 bits per heavy atom. The van der Waals surface area contributed by atoms with Crippen LogP contribution in [0.1, 0.15) is 47.3 Å². The van der Waals surface area contributed by atoms with Crippen molar-refractivity contribution in [1.82, 2.24) is 9.38 Å². The van der Waals surface area contributed by atoms with E-state index < -0.39 is 0 Å². The third-order valence-electron chi connectivity index (χ3n) is 3.38. The first kappa shape index (κ1) is 12.2. The molecular formula is C14H17N3O2. The van der Waals surface area contributed by atoms with Crippen LogP contribution in [0.15, 0.2) is 18.5 Å². The van der Waals surface area contributed by atoms with Gasteiger partial charge in [-0.1, -0.05) is 0 Å². The molecule has 5 nitrogen and oxygen atoms in total. The maximum atomic E-state index is 12.0. The number of rotatable bonds is 4. The van der Waals surface area contributed by atoms with E-state index in [-0.39, 0.29) is 5.97 Å². The number of pyridine rings is 1. The van der Waals surface area contributed by atoms with E-state index in [9.17, 15) is 4.79 Å². The topological polar surface area (TPSA) is 69.6 Å². The normalized spacial score (nSPS) is 14.8. The summed E-state index contributed by atoms with van der Waals surface area (Å²) in [7, 11) is 0. The molecule has 0 atom stereocenters. The maximum absolute atomic E-state index is 12.0. The summed E-state index contributed by atoms with van der Waals surface area (Å²) in [5.74, 6) is 0.255. The Morgan fingerprint density at radius 2 is 2.32 bits per heavy atom. The minimum atomic E-state index is -0.316. The van der Waals surface area contributed by atoms with E-state index in [0.29, 0.717) is 30.3 Å². The molecule has 19 heavy (non-hydrogen) atoms. The highest BCUT2D eigenvalue weighted by atomic mass is 16.5. The average molecular weight is 259 g/mol. The number of aromatic nitrogens is 2. The van der Waals surface area contributed by atoms with Crippen molar-refractivity contribution in [2.45, 2.75) is 32.2 Å². The summed E-state index contributed by atoms with van der Waals surface area (Å²) in [5.41, 5.74) is 8.73. The molecule has 1 aliphatic carbocycles. The number of ether oxygens (including phenoxy) is 1. The fourth-order valence-corrected chi connectivity index (χ4v) is 2.27. The number of nitrogens with zero attached hydrogens (tertiary/aromatic N) is 2. The number of carbonyl (C=O) groups is 1. The van der Waals surface area contributed by atoms with E-state index >= 15 is 0 Å². The number of hydrogen-bond acceptors (Lipinski definition) is 4. The molecule has 2 aromatic heterocycles. The summed E-state index contributed by atoms with van der Waals surface area (Å²) in [6.07, 6.45) is 6.30. The molecule has 5 heteroatoms. The van der Waals surface area contributed by atoms with E-state index in [1.807, 2.05) is 22.9 Å². The van der Waals surface area contributed by atoms with Crippen LogP contribution in [-0.2, 0) is 11.3 Å². The molecule has 2 aromatic rings. The van der Waals surface area contributed by atoms with Gasteiger partial charge in [-0.25, -0.2) is 9.78 Å². The van der Waals surface area contributed by atoms with E-state index in [2.05, 4.69) is 4.98 Å². The standard InChI is InChI=1S/C14H17N3O2/c1-2-19-14(18)12-5-10(9-3-4-9)7-17-8-11(6-15)16-13(12)17/h5,7-9H,2-4,6,15H2,1H3. The van der Waals surface area contributed by atoms with E-state index in [4.69, 9.17) is 10.5 Å². The van der Waals surface area contributed by atoms with Gasteiger partial charge >= 0.3 is 5.97 Å². The number of hydrogen-bond donors (Lipinski definition) is 1. The Labute approximate surface area is 111 Å². The molecule has 0 saturated heterocycles. The third kappa shape index (κ3) is 2.21. The molecule has 3 rings (SSSR count). The summed E-state index contributed by atoms with van der Waals surface area (Å²) < 4.78 is 7.00. The van der Waals surface area contributed by atoms with Gasteiger partial charge in [0.1, 0.15) is 5.56 Å². The number of nitrogens with two attached hydrogens (primary N) is 1. The van der Waals surface area contributed by atoms with Crippen LogP contribution in [0.2, 0.25) is 0 Å². The van der Waals surface area contributed by atoms with Gasteiger partial charge in [-0.3, -0.25) is 0 Å². The predicted molar refractivity (Wildman–Crippen MR) is 71.0 cm³/mol. The average Bonchev–Trinajstić information content (AvgIpc) is 3.17. The molecule has 0 aromatic carbocycles. The number of carbonyl (C=O) groups excluding carboxylic acids is 1. The Balaban J connectivity index is 2.14. The summed E-state index contributed by atoms with van der Waals surface area (Å²) in [6, 6.07) is 1.91. The van der Waals surface area contributed by atoms with E-state index in [1.165, 1.54) is 18.4 Å². The van der Waals surface area contributed by atoms with Crippen molar-refractivity contribution in [3.05, 3.63) is 35.3 Å². The lowest BCUT2D eigenvalue weighted by atomic mass is 10.1. The molecule has 100 valence electrons. The zero-order valence-corrected chi connectivity index (χ0v) is 10.9. The molecule has 2 N–H and O–H groups in total. The maximum Gasteiger partial charge on any atom is 0.341 e. The molecule has 0 spiro atoms. The SMILES string of the molecule is CCOC(=O)c1cc(C2CC2)cn2cc(CN)nc12. The molecule has 0 amide bonds. The fourth-order valence-electron chi connectivity index (χ4n) is 2.27. The van der Waals surface area contributed by atoms with Crippen LogP contribution >= 0.6 is 0 Å². The number of imidazole rings is 1. The lowest BCUT2D eigenvalue weighted by Gasteiger charge is -2.06. The second-order valence-electron chi connectivity index (χ2n) is 4.85. The Morgan fingerprint density at radius 1 is 1.53 bits per heavy atom. The van der Waals surface area contributed by atoms with Crippen molar-refractivity contribution in [3.8, 4) is 0 Å². The summed E-state index contributed by atoms with van der Waals surface area (Å²) in [6.45, 7) is 2.53. The van der Waals surface area contributed by atoms with Crippen LogP contribution in [0.5, 0.6) is 0 Å². The third-order valence-corrected chi connectivity index (χ3v) is 3.38. The van der Waals surface area contributed by atoms with Crippen molar-refractivity contribution in [1.29, 1.82) is 0 Å². The number of esters is 1. The smallest absolute Gasteiger partial charge is 0.341 e. The van der Waals surface area contributed by atoms with E-state index in [0.717, 1.165) is 5.69 Å². The van der Waals surface area contributed by atoms with Gasteiger partial charge in [-0.05, 0) is 37.3 Å². The van der Waals surface area contributed by atoms with Crippen LogP contribution in [0.4, 0.5) is 0 Å². The van der Waals surface area contributed by atoms with Crippen molar-refractivity contribution < 1.29 is 9.53 Å². The molecule has 1 saturated carbocycles. The second-order valence-corrected chi connectivity index (χ2v) is 4.85. The minimum Gasteiger partial charge on any atom is -0.462 e. The van der Waals surface area contributed by atoms with Gasteiger partial charge < -0.3 is 14.9 Å². The first-order valence-electron chi connectivity index (χ1n) is 6.61. The fraction of sp³-hybridized carbons (Fsp3) is 0.429. The first-order valence-corrected chi connectivity index (χ1v) is 6.61. The van der Waals surface area contributed by atoms with Crippen molar-refractivity contribution in [2.75, 3.05) is 6.61 Å². The van der Waals surface area contributed by atoms with E-state index in [1.54, 1.807) is 6.92 Å². The van der Waals surface area contributed by atoms with Crippen LogP contribution in [0, 0.1) is 0 Å². The van der Waals surface area contributed by atoms with Crippen molar-refractivity contribution in [3.63, 3.8) is 0 Å². The van der Waals surface area contributed by atoms with Crippen LogP contribution in [0.25, 0.3) is 5.65 Å². The minimum absolute atomic E-state index is 0.316. The molecule has 1 fully saturated rings.